The lowest BCUT2D eigenvalue weighted by atomic mass is 10.0. The summed E-state index contributed by atoms with van der Waals surface area (Å²) >= 11 is 0. The Morgan fingerprint density at radius 2 is 2.24 bits per heavy atom. The van der Waals surface area contributed by atoms with Crippen LogP contribution in [-0.2, 0) is 9.53 Å². The van der Waals surface area contributed by atoms with Gasteiger partial charge in [-0.15, -0.1) is 0 Å². The van der Waals surface area contributed by atoms with Crippen molar-refractivity contribution in [2.45, 2.75) is 51.4 Å². The Balaban J connectivity index is 2.37. The molecule has 5 heteroatoms. The molecule has 0 aromatic heterocycles. The van der Waals surface area contributed by atoms with Gasteiger partial charge in [0.05, 0.1) is 18.8 Å². The molecular formula is C12H24N2O3. The number of hydrogen-bond donors (Lipinski definition) is 3. The summed E-state index contributed by atoms with van der Waals surface area (Å²) < 4.78 is 5.50. The quantitative estimate of drug-likeness (QED) is 0.615. The van der Waals surface area contributed by atoms with E-state index in [0.717, 1.165) is 12.8 Å². The van der Waals surface area contributed by atoms with Crippen LogP contribution in [0.5, 0.6) is 0 Å². The predicted octanol–water partition coefficient (Wildman–Crippen LogP) is 0.0159. The van der Waals surface area contributed by atoms with Crippen LogP contribution in [-0.4, -0.2) is 42.4 Å². The Bertz CT molecular complexity index is 246. The number of ether oxygens (including phenoxy) is 1. The van der Waals surface area contributed by atoms with E-state index in [1.54, 1.807) is 0 Å². The molecule has 0 bridgehead atoms. The molecule has 0 saturated carbocycles. The van der Waals surface area contributed by atoms with E-state index in [2.05, 4.69) is 19.2 Å². The van der Waals surface area contributed by atoms with Gasteiger partial charge in [0.1, 0.15) is 6.10 Å². The van der Waals surface area contributed by atoms with Gasteiger partial charge in [0.15, 0.2) is 0 Å². The molecule has 0 aliphatic carbocycles. The number of rotatable bonds is 6. The fraction of sp³-hybridized carbons (Fsp3) is 0.917. The van der Waals surface area contributed by atoms with Crippen molar-refractivity contribution >= 4 is 5.91 Å². The highest BCUT2D eigenvalue weighted by Crippen LogP contribution is 2.19. The first kappa shape index (κ1) is 14.4. The monoisotopic (exact) mass is 244 g/mol. The summed E-state index contributed by atoms with van der Waals surface area (Å²) in [5.74, 6) is 0.314. The number of nitrogens with two attached hydrogens (primary N) is 1. The Kier molecular flexibility index (Phi) is 5.88. The molecule has 1 saturated heterocycles. The zero-order valence-corrected chi connectivity index (χ0v) is 10.7. The normalized spacial score (nSPS) is 26.2. The first-order valence-electron chi connectivity index (χ1n) is 6.33. The molecular weight excluding hydrogens is 220 g/mol. The third kappa shape index (κ3) is 4.61. The lowest BCUT2D eigenvalue weighted by Crippen LogP contribution is -2.44. The van der Waals surface area contributed by atoms with Crippen molar-refractivity contribution in [1.29, 1.82) is 0 Å². The zero-order valence-electron chi connectivity index (χ0n) is 10.7. The molecule has 1 aliphatic rings. The van der Waals surface area contributed by atoms with E-state index in [-0.39, 0.29) is 24.7 Å². The largest absolute Gasteiger partial charge is 0.394 e. The van der Waals surface area contributed by atoms with Crippen LogP contribution in [0.3, 0.4) is 0 Å². The minimum atomic E-state index is -0.398. The third-order valence-corrected chi connectivity index (χ3v) is 2.99. The van der Waals surface area contributed by atoms with E-state index in [1.807, 2.05) is 0 Å². The van der Waals surface area contributed by atoms with Crippen molar-refractivity contribution in [2.24, 2.45) is 11.7 Å². The van der Waals surface area contributed by atoms with Gasteiger partial charge in [-0.25, -0.2) is 0 Å². The molecule has 100 valence electrons. The summed E-state index contributed by atoms with van der Waals surface area (Å²) in [6.07, 6.45) is 1.93. The van der Waals surface area contributed by atoms with Crippen LogP contribution in [0.25, 0.3) is 0 Å². The molecule has 0 aromatic rings. The van der Waals surface area contributed by atoms with Crippen molar-refractivity contribution in [3.63, 3.8) is 0 Å². The van der Waals surface area contributed by atoms with Crippen LogP contribution in [0, 0.1) is 5.92 Å². The molecule has 1 aliphatic heterocycles. The average molecular weight is 244 g/mol. The fourth-order valence-corrected chi connectivity index (χ4v) is 2.11. The molecule has 3 atom stereocenters. The molecule has 4 N–H and O–H groups in total. The highest BCUT2D eigenvalue weighted by molar-refractivity contribution is 5.81. The number of amides is 1. The van der Waals surface area contributed by atoms with Gasteiger partial charge in [-0.2, -0.15) is 0 Å². The lowest BCUT2D eigenvalue weighted by molar-refractivity contribution is -0.133. The topological polar surface area (TPSA) is 84.6 Å². The first-order valence-corrected chi connectivity index (χ1v) is 6.33. The van der Waals surface area contributed by atoms with Crippen LogP contribution in [0.2, 0.25) is 0 Å². The van der Waals surface area contributed by atoms with Gasteiger partial charge in [-0.05, 0) is 25.2 Å². The van der Waals surface area contributed by atoms with Crippen molar-refractivity contribution in [3.05, 3.63) is 0 Å². The van der Waals surface area contributed by atoms with E-state index < -0.39 is 6.10 Å². The molecule has 1 fully saturated rings. The molecule has 17 heavy (non-hydrogen) atoms. The summed E-state index contributed by atoms with van der Waals surface area (Å²) in [5.41, 5.74) is 5.49. The predicted molar refractivity (Wildman–Crippen MR) is 65.4 cm³/mol. The van der Waals surface area contributed by atoms with Gasteiger partial charge in [-0.3, -0.25) is 4.79 Å². The molecule has 1 heterocycles. The van der Waals surface area contributed by atoms with Crippen LogP contribution < -0.4 is 11.1 Å². The average Bonchev–Trinajstić information content (AvgIpc) is 2.75. The maximum Gasteiger partial charge on any atom is 0.249 e. The molecule has 3 unspecified atom stereocenters. The van der Waals surface area contributed by atoms with Crippen molar-refractivity contribution in [2.75, 3.05) is 13.2 Å². The maximum atomic E-state index is 11.9. The number of nitrogens with one attached hydrogen (secondary N) is 1. The van der Waals surface area contributed by atoms with E-state index in [9.17, 15) is 9.90 Å². The van der Waals surface area contributed by atoms with E-state index >= 15 is 0 Å². The summed E-state index contributed by atoms with van der Waals surface area (Å²) in [6.45, 7) is 4.55. The number of aliphatic hydroxyl groups is 1. The van der Waals surface area contributed by atoms with Gasteiger partial charge in [0.25, 0.3) is 0 Å². The molecule has 1 rings (SSSR count). The number of aliphatic hydroxyl groups excluding tert-OH is 1. The van der Waals surface area contributed by atoms with Crippen LogP contribution >= 0.6 is 0 Å². The fourth-order valence-electron chi connectivity index (χ4n) is 2.11. The maximum absolute atomic E-state index is 11.9. The Labute approximate surface area is 103 Å². The second-order valence-corrected chi connectivity index (χ2v) is 5.08. The molecule has 0 aromatic carbocycles. The number of carbonyl (C=O) groups excluding carboxylic acids is 1. The van der Waals surface area contributed by atoms with Crippen LogP contribution in [0.15, 0.2) is 0 Å². The van der Waals surface area contributed by atoms with Crippen molar-refractivity contribution < 1.29 is 14.6 Å². The number of carbonyl (C=O) groups is 1. The van der Waals surface area contributed by atoms with Gasteiger partial charge < -0.3 is 20.9 Å². The Morgan fingerprint density at radius 1 is 1.53 bits per heavy atom. The number of hydrogen-bond acceptors (Lipinski definition) is 4. The molecule has 0 spiro atoms. The molecule has 5 nitrogen and oxygen atoms in total. The van der Waals surface area contributed by atoms with Crippen LogP contribution in [0.1, 0.15) is 33.1 Å². The highest BCUT2D eigenvalue weighted by Gasteiger charge is 2.30. The summed E-state index contributed by atoms with van der Waals surface area (Å²) in [4.78, 5) is 11.9. The van der Waals surface area contributed by atoms with Gasteiger partial charge in [0, 0.05) is 6.54 Å². The second kappa shape index (κ2) is 6.93. The molecule has 0 radical (unpaired) electrons. The second-order valence-electron chi connectivity index (χ2n) is 5.08. The Hall–Kier alpha value is -0.650. The zero-order chi connectivity index (χ0) is 12.8. The third-order valence-electron chi connectivity index (χ3n) is 2.99. The SMILES string of the molecule is CC(C)CC(CO)NC(=O)C1CCC(CN)O1. The van der Waals surface area contributed by atoms with Crippen molar-refractivity contribution in [3.8, 4) is 0 Å². The van der Waals surface area contributed by atoms with Crippen LogP contribution in [0.4, 0.5) is 0 Å². The van der Waals surface area contributed by atoms with Gasteiger partial charge in [-0.1, -0.05) is 13.8 Å². The van der Waals surface area contributed by atoms with Crippen molar-refractivity contribution in [1.82, 2.24) is 5.32 Å². The van der Waals surface area contributed by atoms with E-state index in [1.165, 1.54) is 0 Å². The molecule has 1 amide bonds. The van der Waals surface area contributed by atoms with Gasteiger partial charge >= 0.3 is 0 Å². The minimum absolute atomic E-state index is 0.00317. The smallest absolute Gasteiger partial charge is 0.249 e. The minimum Gasteiger partial charge on any atom is -0.394 e. The van der Waals surface area contributed by atoms with E-state index in [4.69, 9.17) is 10.5 Å². The van der Waals surface area contributed by atoms with E-state index in [0.29, 0.717) is 18.9 Å². The standard InChI is InChI=1S/C12H24N2O3/c1-8(2)5-9(7-15)14-12(16)11-4-3-10(6-13)17-11/h8-11,15H,3-7,13H2,1-2H3,(H,14,16). The summed E-state index contributed by atoms with van der Waals surface area (Å²) in [6, 6.07) is -0.178. The summed E-state index contributed by atoms with van der Waals surface area (Å²) in [7, 11) is 0. The van der Waals surface area contributed by atoms with Gasteiger partial charge in [0.2, 0.25) is 5.91 Å². The summed E-state index contributed by atoms with van der Waals surface area (Å²) in [5, 5.41) is 12.0. The lowest BCUT2D eigenvalue weighted by Gasteiger charge is -2.20. The highest BCUT2D eigenvalue weighted by atomic mass is 16.5. The first-order chi connectivity index (χ1) is 8.06. The Morgan fingerprint density at radius 3 is 2.71 bits per heavy atom.